The molecule has 13 atom stereocenters. The van der Waals surface area contributed by atoms with Gasteiger partial charge in [-0.05, 0) is 110 Å². The van der Waals surface area contributed by atoms with Crippen molar-refractivity contribution < 1.29 is 97.5 Å². The highest BCUT2D eigenvalue weighted by atomic mass is 127. The fraction of sp³-hybridized carbons (Fsp3) is 0.532. The molecule has 40 nitrogen and oxygen atoms in total. The van der Waals surface area contributed by atoms with E-state index in [1.54, 1.807) is 22.6 Å². The Morgan fingerprint density at radius 2 is 0.944 bits per heavy atom. The summed E-state index contributed by atoms with van der Waals surface area (Å²) >= 11 is 18.4. The number of nitrogens with zero attached hydrogens (tertiary/aromatic N) is 3. The van der Waals surface area contributed by atoms with Crippen molar-refractivity contribution in [3.05, 3.63) is 57.2 Å². The van der Waals surface area contributed by atoms with Crippen LogP contribution in [-0.2, 0) is 84.8 Å². The Kier molecular flexibility index (Phi) is 40.1. The third-order valence-electron chi connectivity index (χ3n) is 15.9. The van der Waals surface area contributed by atoms with Gasteiger partial charge in [-0.15, -0.1) is 0 Å². The molecule has 1 saturated heterocycles. The summed E-state index contributed by atoms with van der Waals surface area (Å²) in [6, 6.07) is -9.85. The maximum atomic E-state index is 14.7. The summed E-state index contributed by atoms with van der Waals surface area (Å²) in [6.07, 6.45) is -5.07. The molecule has 0 unspecified atom stereocenters. The smallest absolute Gasteiger partial charge is 0.326 e. The van der Waals surface area contributed by atoms with E-state index >= 15 is 0 Å². The average Bonchev–Trinajstić information content (AvgIpc) is 1.74. The van der Waals surface area contributed by atoms with Crippen molar-refractivity contribution in [3.63, 3.8) is 0 Å². The Hall–Kier alpha value is -9.32. The molecule has 13 amide bonds. The lowest BCUT2D eigenvalue weighted by atomic mass is 10.0. The molecule has 0 saturated carbocycles. The topological polar surface area (TPSA) is 674 Å². The van der Waals surface area contributed by atoms with Gasteiger partial charge < -0.3 is 123 Å². The van der Waals surface area contributed by atoms with Gasteiger partial charge in [-0.2, -0.15) is 50.5 Å². The highest BCUT2D eigenvalue weighted by Gasteiger charge is 2.42. The van der Waals surface area contributed by atoms with Crippen LogP contribution in [-0.4, -0.2) is 259 Å². The van der Waals surface area contributed by atoms with Crippen molar-refractivity contribution in [1.82, 2.24) is 63.4 Å². The zero-order valence-corrected chi connectivity index (χ0v) is 63.5. The summed E-state index contributed by atoms with van der Waals surface area (Å²) in [5.74, 6) is -19.0. The second-order valence-electron chi connectivity index (χ2n) is 24.2. The van der Waals surface area contributed by atoms with Gasteiger partial charge in [0.25, 0.3) is 0 Å². The van der Waals surface area contributed by atoms with Gasteiger partial charge in [-0.1, -0.05) is 18.2 Å². The number of primary amides is 1. The van der Waals surface area contributed by atoms with Crippen LogP contribution in [0.3, 0.4) is 0 Å². The molecular formula is C62H93IN20O20S4. The Bertz CT molecular complexity index is 3550. The van der Waals surface area contributed by atoms with Gasteiger partial charge in [0, 0.05) is 61.9 Å². The third-order valence-corrected chi connectivity index (χ3v) is 18.2. The molecule has 45 heteroatoms. The highest BCUT2D eigenvalue weighted by Crippen LogP contribution is 2.23. The molecule has 1 aliphatic rings. The third kappa shape index (κ3) is 32.0. The molecule has 1 heterocycles. The number of carbonyl (C=O) groups excluding carboxylic acids is 13. The van der Waals surface area contributed by atoms with Gasteiger partial charge in [0.15, 0.2) is 11.9 Å². The maximum Gasteiger partial charge on any atom is 0.326 e. The van der Waals surface area contributed by atoms with E-state index in [1.165, 1.54) is 42.5 Å². The van der Waals surface area contributed by atoms with Crippen LogP contribution < -0.4 is 92.9 Å². The number of carbonyl (C=O) groups is 15. The number of thiol groups is 4. The number of phenols is 2. The number of nitrogens with two attached hydrogens (primary N) is 6. The molecule has 0 bridgehead atoms. The summed E-state index contributed by atoms with van der Waals surface area (Å²) < 4.78 is 0.300. The number of aliphatic imine (C=N–C) groups is 2. The van der Waals surface area contributed by atoms with Gasteiger partial charge in [-0.3, -0.25) is 77.1 Å². The number of benzene rings is 2. The molecule has 107 heavy (non-hydrogen) atoms. The summed E-state index contributed by atoms with van der Waals surface area (Å²) in [5.41, 5.74) is 33.7. The lowest BCUT2D eigenvalue weighted by Crippen LogP contribution is -2.62. The first-order valence-corrected chi connectivity index (χ1v) is 36.6. The molecule has 28 N–H and O–H groups in total. The van der Waals surface area contributed by atoms with Crippen LogP contribution >= 0.6 is 73.1 Å². The Balaban J connectivity index is 1.97. The molecule has 0 aromatic heterocycles. The SMILES string of the molecule is C[C@@H](O)[C@H](NC(=O)[C@H](CS)NC(=O)[C@H](CS)NC(=O)CN)C(=O)N[C@@H](CC(=O)O)C(=O)N1CCC[C@H]1C(=O)N[C@@H](CCCN=C(N)N)C(=O)N[C@@H](CS)C(=O)N[C@@H](CCCN=C(N)N)C(=O)N[C@@H](Cc1ccc(O)c(I)c1)C(=O)N[C@@H](CCC(N)=O)C(=O)N[C@@H](CS)C(=O)N[C@@H](Cc1ccc(O)cc1)C(=O)O. The fourth-order valence-electron chi connectivity index (χ4n) is 10.3. The van der Waals surface area contributed by atoms with Crippen LogP contribution in [0, 0.1) is 3.57 Å². The van der Waals surface area contributed by atoms with Crippen molar-refractivity contribution in [3.8, 4) is 11.5 Å². The molecule has 1 fully saturated rings. The minimum atomic E-state index is -1.97. The molecular weight excluding hydrogens is 1600 g/mol. The van der Waals surface area contributed by atoms with E-state index in [2.05, 4.69) is 119 Å². The number of phenolic OH excluding ortho intramolecular Hbond substituents is 2. The number of carboxylic acids is 2. The zero-order chi connectivity index (χ0) is 80.4. The van der Waals surface area contributed by atoms with Crippen LogP contribution in [0.1, 0.15) is 75.8 Å². The normalized spacial score (nSPS) is 15.7. The van der Waals surface area contributed by atoms with E-state index in [0.29, 0.717) is 14.7 Å². The molecule has 2 aromatic rings. The summed E-state index contributed by atoms with van der Waals surface area (Å²) in [6.45, 7) is 0.167. The molecule has 0 spiro atoms. The van der Waals surface area contributed by atoms with Crippen LogP contribution in [0.4, 0.5) is 0 Å². The van der Waals surface area contributed by atoms with Crippen LogP contribution in [0.25, 0.3) is 0 Å². The van der Waals surface area contributed by atoms with Gasteiger partial charge in [0.1, 0.15) is 84.0 Å². The highest BCUT2D eigenvalue weighted by molar-refractivity contribution is 14.1. The van der Waals surface area contributed by atoms with E-state index in [4.69, 9.17) is 34.4 Å². The van der Waals surface area contributed by atoms with Crippen LogP contribution in [0.2, 0.25) is 0 Å². The lowest BCUT2D eigenvalue weighted by molar-refractivity contribution is -0.146. The fourth-order valence-corrected chi connectivity index (χ4v) is 11.9. The van der Waals surface area contributed by atoms with Crippen molar-refractivity contribution in [2.24, 2.45) is 44.4 Å². The number of likely N-dealkylation sites (tertiary alicyclic amines) is 1. The first-order chi connectivity index (χ1) is 50.5. The van der Waals surface area contributed by atoms with E-state index in [9.17, 15) is 97.5 Å². The molecule has 592 valence electrons. The minimum Gasteiger partial charge on any atom is -0.508 e. The minimum absolute atomic E-state index is 0.0158. The quantitative estimate of drug-likeness (QED) is 0.00962. The molecule has 0 aliphatic carbocycles. The number of nitrogens with one attached hydrogen (secondary N) is 11. The van der Waals surface area contributed by atoms with E-state index in [-0.39, 0.29) is 99.5 Å². The van der Waals surface area contributed by atoms with Crippen LogP contribution in [0.5, 0.6) is 11.5 Å². The van der Waals surface area contributed by atoms with Crippen molar-refractivity contribution in [2.45, 2.75) is 156 Å². The number of hydrogen-bond acceptors (Lipinski definition) is 25. The molecule has 0 radical (unpaired) electrons. The predicted molar refractivity (Wildman–Crippen MR) is 407 cm³/mol. The number of aliphatic hydroxyl groups excluding tert-OH is 1. The lowest BCUT2D eigenvalue weighted by Gasteiger charge is -2.31. The number of carboxylic acid groups (broad SMARTS) is 2. The second-order valence-corrected chi connectivity index (χ2v) is 26.8. The van der Waals surface area contributed by atoms with Crippen molar-refractivity contribution in [2.75, 3.05) is 49.2 Å². The first kappa shape index (κ1) is 91.9. The Labute approximate surface area is 649 Å². The number of halogens is 1. The number of hydrogen-bond donors (Lipinski definition) is 26. The number of aliphatic carboxylic acids is 2. The number of amides is 13. The number of aromatic hydroxyl groups is 2. The zero-order valence-electron chi connectivity index (χ0n) is 57.8. The van der Waals surface area contributed by atoms with Gasteiger partial charge in [-0.25, -0.2) is 4.79 Å². The second kappa shape index (κ2) is 46.7. The largest absolute Gasteiger partial charge is 0.508 e. The summed E-state index contributed by atoms with van der Waals surface area (Å²) in [7, 11) is 0. The number of guanidine groups is 2. The van der Waals surface area contributed by atoms with Crippen molar-refractivity contribution >= 4 is 174 Å². The van der Waals surface area contributed by atoms with E-state index < -0.39 is 211 Å². The molecule has 3 rings (SSSR count). The standard InChI is InChI=1S/C62H93IN20O20S4/c1-28(84)48(82-56(98)42(27-107)81-53(95)39(24-104)72-46(88)23-64)58(100)77-37(22-47(89)90)59(101)83-18-4-7-43(83)57(99)75-34(6-3-17-71-62(68)69)50(92)79-40(25-105)54(96)73-33(5-2-16-70-61(66)67)49(91)76-36(21-30-10-14-44(86)32(63)19-30)52(94)74-35(13-15-45(65)87)51(93)80-41(26-106)55(97)78-38(60(102)103)20-29-8-11-31(85)12-9-29/h8-12,14,19,28,33-43,48,84-86,104-107H,2-7,13,15-18,20-27,64H2,1H3,(H2,65,87)(H,72,88)(H,73,96)(H,74,94)(H,75,99)(H,76,91)(H,77,100)(H,78,97)(H,79,92)(H,80,93)(H,81,95)(H,82,98)(H,89,90)(H,102,103)(H4,66,67,70)(H4,68,69,71)/t28-,33+,34+,35+,36+,37+,38+,39+,40+,41+,42+,43+,48+/m1/s1. The van der Waals surface area contributed by atoms with Crippen LogP contribution in [0.15, 0.2) is 52.4 Å². The monoisotopic (exact) mass is 1690 g/mol. The maximum absolute atomic E-state index is 14.7. The number of rotatable bonds is 46. The average molecular weight is 1690 g/mol. The van der Waals surface area contributed by atoms with Gasteiger partial charge >= 0.3 is 11.9 Å². The van der Waals surface area contributed by atoms with E-state index in [1.807, 2.05) is 0 Å². The summed E-state index contributed by atoms with van der Waals surface area (Å²) in [4.78, 5) is 212. The summed E-state index contributed by atoms with van der Waals surface area (Å²) in [5, 5.41) is 77.0. The molecule has 1 aliphatic heterocycles. The van der Waals surface area contributed by atoms with E-state index in [0.717, 1.165) is 11.8 Å². The van der Waals surface area contributed by atoms with Gasteiger partial charge in [0.05, 0.1) is 22.6 Å². The molecule has 2 aromatic carbocycles. The first-order valence-electron chi connectivity index (χ1n) is 33.0. The van der Waals surface area contributed by atoms with Gasteiger partial charge in [0.2, 0.25) is 76.8 Å². The number of aliphatic hydroxyl groups is 1. The van der Waals surface area contributed by atoms with Crippen molar-refractivity contribution in [1.29, 1.82) is 0 Å². The predicted octanol–water partition coefficient (Wildman–Crippen LogP) is -8.20. The Morgan fingerprint density at radius 3 is 1.39 bits per heavy atom. The Morgan fingerprint density at radius 1 is 0.533 bits per heavy atom.